The Morgan fingerprint density at radius 1 is 1.00 bits per heavy atom. The number of benzene rings is 1. The van der Waals surface area contributed by atoms with Crippen LogP contribution in [0.15, 0.2) is 48.8 Å². The number of carbonyl (C=O) groups is 3. The lowest BCUT2D eigenvalue weighted by atomic mass is 10.1. The fraction of sp³-hybridized carbons (Fsp3) is 0.364. The molecule has 1 fully saturated rings. The molecule has 0 aliphatic carbocycles. The second-order valence-electron chi connectivity index (χ2n) is 7.46. The van der Waals surface area contributed by atoms with E-state index in [1.54, 1.807) is 41.6 Å². The third-order valence-corrected chi connectivity index (χ3v) is 4.90. The molecule has 0 N–H and O–H groups in total. The van der Waals surface area contributed by atoms with Crippen molar-refractivity contribution in [1.82, 2.24) is 19.7 Å². The molecule has 1 saturated heterocycles. The van der Waals surface area contributed by atoms with Crippen molar-refractivity contribution in [2.24, 2.45) is 0 Å². The van der Waals surface area contributed by atoms with Crippen molar-refractivity contribution >= 4 is 17.7 Å². The summed E-state index contributed by atoms with van der Waals surface area (Å²) in [4.78, 5) is 45.9. The van der Waals surface area contributed by atoms with Crippen LogP contribution in [0.25, 0.3) is 0 Å². The average molecular weight is 394 g/mol. The predicted octanol–water partition coefficient (Wildman–Crippen LogP) is 1.93. The van der Waals surface area contributed by atoms with Crippen LogP contribution >= 0.6 is 0 Å². The SMILES string of the molecule is CN(C)CCN(Cc1cccnc1)C(=O)c1ccc(CN2C(=O)CCC2=O)cc1. The maximum absolute atomic E-state index is 13.1. The second-order valence-corrected chi connectivity index (χ2v) is 7.46. The largest absolute Gasteiger partial charge is 0.333 e. The van der Waals surface area contributed by atoms with Gasteiger partial charge in [-0.25, -0.2) is 0 Å². The summed E-state index contributed by atoms with van der Waals surface area (Å²) < 4.78 is 0. The zero-order valence-electron chi connectivity index (χ0n) is 16.9. The normalized spacial score (nSPS) is 14.0. The van der Waals surface area contributed by atoms with Gasteiger partial charge in [-0.05, 0) is 43.4 Å². The third-order valence-electron chi connectivity index (χ3n) is 4.90. The maximum Gasteiger partial charge on any atom is 0.254 e. The number of aromatic nitrogens is 1. The molecule has 3 rings (SSSR count). The number of amides is 3. The van der Waals surface area contributed by atoms with Gasteiger partial charge in [0.05, 0.1) is 6.54 Å². The number of imide groups is 1. The van der Waals surface area contributed by atoms with E-state index in [2.05, 4.69) is 4.98 Å². The van der Waals surface area contributed by atoms with E-state index in [4.69, 9.17) is 0 Å². The third kappa shape index (κ3) is 5.48. The fourth-order valence-electron chi connectivity index (χ4n) is 3.20. The second kappa shape index (κ2) is 9.43. The number of nitrogens with zero attached hydrogens (tertiary/aromatic N) is 4. The maximum atomic E-state index is 13.1. The summed E-state index contributed by atoms with van der Waals surface area (Å²) in [5.41, 5.74) is 2.38. The van der Waals surface area contributed by atoms with Gasteiger partial charge in [0.2, 0.25) is 11.8 Å². The Bertz CT molecular complexity index is 849. The van der Waals surface area contributed by atoms with Crippen molar-refractivity contribution in [1.29, 1.82) is 0 Å². The molecule has 0 bridgehead atoms. The smallest absolute Gasteiger partial charge is 0.254 e. The molecular formula is C22H26N4O3. The lowest BCUT2D eigenvalue weighted by Crippen LogP contribution is -2.36. The van der Waals surface area contributed by atoms with Crippen molar-refractivity contribution in [2.45, 2.75) is 25.9 Å². The summed E-state index contributed by atoms with van der Waals surface area (Å²) in [5.74, 6) is -0.335. The van der Waals surface area contributed by atoms with Gasteiger partial charge in [0, 0.05) is 50.4 Å². The Morgan fingerprint density at radius 2 is 1.69 bits per heavy atom. The van der Waals surface area contributed by atoms with Gasteiger partial charge < -0.3 is 9.80 Å². The molecule has 0 spiro atoms. The van der Waals surface area contributed by atoms with Crippen molar-refractivity contribution in [2.75, 3.05) is 27.2 Å². The molecule has 0 radical (unpaired) electrons. The molecule has 29 heavy (non-hydrogen) atoms. The Hall–Kier alpha value is -3.06. The zero-order valence-corrected chi connectivity index (χ0v) is 16.9. The highest BCUT2D eigenvalue weighted by molar-refractivity contribution is 6.01. The van der Waals surface area contributed by atoms with Gasteiger partial charge in [0.15, 0.2) is 0 Å². The van der Waals surface area contributed by atoms with Crippen LogP contribution in [0.4, 0.5) is 0 Å². The van der Waals surface area contributed by atoms with Crippen LogP contribution in [0.1, 0.15) is 34.3 Å². The van der Waals surface area contributed by atoms with E-state index in [1.807, 2.05) is 31.1 Å². The zero-order chi connectivity index (χ0) is 20.8. The molecule has 1 aliphatic rings. The van der Waals surface area contributed by atoms with E-state index >= 15 is 0 Å². The minimum atomic E-state index is -0.138. The van der Waals surface area contributed by atoms with Gasteiger partial charge >= 0.3 is 0 Å². The van der Waals surface area contributed by atoms with Crippen molar-refractivity contribution in [3.63, 3.8) is 0 Å². The van der Waals surface area contributed by atoms with Crippen molar-refractivity contribution < 1.29 is 14.4 Å². The summed E-state index contributed by atoms with van der Waals surface area (Å²) in [6, 6.07) is 10.9. The number of rotatable bonds is 8. The first kappa shape index (κ1) is 20.7. The Kier molecular flexibility index (Phi) is 6.72. The van der Waals surface area contributed by atoms with Gasteiger partial charge in [-0.3, -0.25) is 24.3 Å². The molecule has 0 atom stereocenters. The molecular weight excluding hydrogens is 368 g/mol. The molecule has 1 aliphatic heterocycles. The van der Waals surface area contributed by atoms with Gasteiger partial charge in [-0.2, -0.15) is 0 Å². The van der Waals surface area contributed by atoms with E-state index in [0.29, 0.717) is 18.7 Å². The molecule has 0 unspecified atom stereocenters. The summed E-state index contributed by atoms with van der Waals surface area (Å²) in [5, 5.41) is 0. The average Bonchev–Trinajstić information content (AvgIpc) is 3.04. The van der Waals surface area contributed by atoms with Crippen LogP contribution in [0.5, 0.6) is 0 Å². The minimum absolute atomic E-state index is 0.0596. The van der Waals surface area contributed by atoms with Crippen LogP contribution in [0.2, 0.25) is 0 Å². The van der Waals surface area contributed by atoms with E-state index in [0.717, 1.165) is 17.7 Å². The fourth-order valence-corrected chi connectivity index (χ4v) is 3.20. The Labute approximate surface area is 170 Å². The molecule has 7 nitrogen and oxygen atoms in total. The number of likely N-dealkylation sites (tertiary alicyclic amines) is 1. The van der Waals surface area contributed by atoms with E-state index in [1.165, 1.54) is 4.90 Å². The molecule has 0 saturated carbocycles. The van der Waals surface area contributed by atoms with E-state index in [-0.39, 0.29) is 37.1 Å². The van der Waals surface area contributed by atoms with Crippen molar-refractivity contribution in [3.8, 4) is 0 Å². The molecule has 2 aromatic rings. The predicted molar refractivity (Wildman–Crippen MR) is 109 cm³/mol. The number of likely N-dealkylation sites (N-methyl/N-ethyl adjacent to an activating group) is 1. The topological polar surface area (TPSA) is 73.8 Å². The van der Waals surface area contributed by atoms with Gasteiger partial charge in [0.1, 0.15) is 0 Å². The molecule has 7 heteroatoms. The molecule has 2 heterocycles. The minimum Gasteiger partial charge on any atom is -0.333 e. The monoisotopic (exact) mass is 394 g/mol. The summed E-state index contributed by atoms with van der Waals surface area (Å²) in [7, 11) is 3.95. The lowest BCUT2D eigenvalue weighted by molar-refractivity contribution is -0.139. The lowest BCUT2D eigenvalue weighted by Gasteiger charge is -2.25. The molecule has 3 amide bonds. The highest BCUT2D eigenvalue weighted by Crippen LogP contribution is 2.17. The van der Waals surface area contributed by atoms with Crippen LogP contribution in [-0.4, -0.2) is 64.6 Å². The van der Waals surface area contributed by atoms with E-state index in [9.17, 15) is 14.4 Å². The van der Waals surface area contributed by atoms with Crippen LogP contribution in [-0.2, 0) is 22.7 Å². The number of hydrogen-bond donors (Lipinski definition) is 0. The summed E-state index contributed by atoms with van der Waals surface area (Å²) >= 11 is 0. The number of hydrogen-bond acceptors (Lipinski definition) is 5. The Balaban J connectivity index is 1.71. The van der Waals surface area contributed by atoms with Gasteiger partial charge in [0.25, 0.3) is 5.91 Å². The van der Waals surface area contributed by atoms with Crippen LogP contribution < -0.4 is 0 Å². The molecule has 152 valence electrons. The highest BCUT2D eigenvalue weighted by Gasteiger charge is 2.28. The van der Waals surface area contributed by atoms with Crippen LogP contribution in [0.3, 0.4) is 0 Å². The molecule has 1 aromatic carbocycles. The standard InChI is InChI=1S/C22H26N4O3/c1-24(2)12-13-25(15-18-4-3-11-23-14-18)22(29)19-7-5-17(6-8-19)16-26-20(27)9-10-21(26)28/h3-8,11,14H,9-10,12-13,15-16H2,1-2H3. The highest BCUT2D eigenvalue weighted by atomic mass is 16.2. The first-order valence-electron chi connectivity index (χ1n) is 9.69. The first-order valence-corrected chi connectivity index (χ1v) is 9.69. The summed E-state index contributed by atoms with van der Waals surface area (Å²) in [6.07, 6.45) is 4.04. The Morgan fingerprint density at radius 3 is 2.28 bits per heavy atom. The van der Waals surface area contributed by atoms with E-state index < -0.39 is 0 Å². The van der Waals surface area contributed by atoms with Crippen LogP contribution in [0, 0.1) is 0 Å². The molecule has 1 aromatic heterocycles. The first-order chi connectivity index (χ1) is 13.9. The number of carbonyl (C=O) groups excluding carboxylic acids is 3. The van der Waals surface area contributed by atoms with Gasteiger partial charge in [-0.15, -0.1) is 0 Å². The van der Waals surface area contributed by atoms with Gasteiger partial charge in [-0.1, -0.05) is 18.2 Å². The quantitative estimate of drug-likeness (QED) is 0.640. The number of pyridine rings is 1. The van der Waals surface area contributed by atoms with Crippen molar-refractivity contribution in [3.05, 3.63) is 65.5 Å². The summed E-state index contributed by atoms with van der Waals surface area (Å²) in [6.45, 7) is 2.09.